The minimum Gasteiger partial charge on any atom is -0.339 e. The number of thiophene rings is 1. The number of aryl methyl sites for hydroxylation is 1. The molecule has 1 aromatic heterocycles. The van der Waals surface area contributed by atoms with Crippen LogP contribution in [0.3, 0.4) is 0 Å². The lowest BCUT2D eigenvalue weighted by atomic mass is 10.2. The topological polar surface area (TPSA) is 52.7 Å². The van der Waals surface area contributed by atoms with Crippen LogP contribution in [-0.2, 0) is 4.79 Å². The van der Waals surface area contributed by atoms with Gasteiger partial charge in [-0.3, -0.25) is 9.59 Å². The van der Waals surface area contributed by atoms with Gasteiger partial charge in [-0.2, -0.15) is 0 Å². The van der Waals surface area contributed by atoms with E-state index in [0.717, 1.165) is 22.7 Å². The first-order valence-corrected chi connectivity index (χ1v) is 8.21. The molecule has 2 amide bonds. The van der Waals surface area contributed by atoms with Crippen molar-refractivity contribution in [3.8, 4) is 0 Å². The second-order valence-corrected chi connectivity index (χ2v) is 6.58. The van der Waals surface area contributed by atoms with Gasteiger partial charge in [0.15, 0.2) is 0 Å². The maximum absolute atomic E-state index is 12.3. The number of halogens is 1. The molecule has 0 unspecified atom stereocenters. The minimum absolute atomic E-state index is 0. The molecule has 1 aromatic rings. The van der Waals surface area contributed by atoms with Crippen LogP contribution in [-0.4, -0.2) is 61.4 Å². The summed E-state index contributed by atoms with van der Waals surface area (Å²) in [6.45, 7) is 5.43. The molecule has 124 valence electrons. The van der Waals surface area contributed by atoms with Gasteiger partial charge in [-0.25, -0.2) is 0 Å². The first kappa shape index (κ1) is 18.9. The van der Waals surface area contributed by atoms with Crippen LogP contribution in [0, 0.1) is 6.92 Å². The molecule has 0 aromatic carbocycles. The van der Waals surface area contributed by atoms with Crippen LogP contribution in [0.2, 0.25) is 0 Å². The first-order valence-electron chi connectivity index (χ1n) is 7.40. The van der Waals surface area contributed by atoms with E-state index in [1.807, 2.05) is 35.9 Å². The van der Waals surface area contributed by atoms with Crippen molar-refractivity contribution in [2.45, 2.75) is 19.8 Å². The van der Waals surface area contributed by atoms with E-state index in [1.54, 1.807) is 0 Å². The Balaban J connectivity index is 0.00000242. The molecule has 0 atom stereocenters. The SMILES string of the molecule is CNCCCC(=O)N1CCN(C(=O)c2ccc(C)s2)CC1.Cl. The van der Waals surface area contributed by atoms with Gasteiger partial charge in [0.05, 0.1) is 4.88 Å². The van der Waals surface area contributed by atoms with Crippen molar-refractivity contribution in [3.63, 3.8) is 0 Å². The molecule has 0 aliphatic carbocycles. The highest BCUT2D eigenvalue weighted by Gasteiger charge is 2.25. The van der Waals surface area contributed by atoms with E-state index in [9.17, 15) is 9.59 Å². The fourth-order valence-corrected chi connectivity index (χ4v) is 3.27. The van der Waals surface area contributed by atoms with Gasteiger partial charge in [-0.05, 0) is 39.1 Å². The lowest BCUT2D eigenvalue weighted by molar-refractivity contribution is -0.132. The predicted molar refractivity (Wildman–Crippen MR) is 91.9 cm³/mol. The summed E-state index contributed by atoms with van der Waals surface area (Å²) in [5.41, 5.74) is 0. The Morgan fingerprint density at radius 1 is 1.18 bits per heavy atom. The van der Waals surface area contributed by atoms with Gasteiger partial charge >= 0.3 is 0 Å². The lowest BCUT2D eigenvalue weighted by Gasteiger charge is -2.34. The van der Waals surface area contributed by atoms with E-state index < -0.39 is 0 Å². The molecule has 1 saturated heterocycles. The standard InChI is InChI=1S/C15H23N3O2S.ClH/c1-12-5-6-13(21-12)15(20)18-10-8-17(9-11-18)14(19)4-3-7-16-2;/h5-6,16H,3-4,7-11H2,1-2H3;1H. The molecule has 1 aliphatic rings. The number of rotatable bonds is 5. The average molecular weight is 346 g/mol. The van der Waals surface area contributed by atoms with Gasteiger partial charge in [-0.15, -0.1) is 23.7 Å². The smallest absolute Gasteiger partial charge is 0.264 e. The van der Waals surface area contributed by atoms with Crippen molar-refractivity contribution < 1.29 is 9.59 Å². The molecule has 5 nitrogen and oxygen atoms in total. The molecule has 0 radical (unpaired) electrons. The van der Waals surface area contributed by atoms with Crippen molar-refractivity contribution in [2.24, 2.45) is 0 Å². The zero-order chi connectivity index (χ0) is 15.2. The van der Waals surface area contributed by atoms with Gasteiger partial charge in [0.25, 0.3) is 5.91 Å². The highest BCUT2D eigenvalue weighted by Crippen LogP contribution is 2.18. The van der Waals surface area contributed by atoms with Crippen LogP contribution >= 0.6 is 23.7 Å². The third-order valence-electron chi connectivity index (χ3n) is 3.69. The molecule has 0 saturated carbocycles. The summed E-state index contributed by atoms with van der Waals surface area (Å²) < 4.78 is 0. The Morgan fingerprint density at radius 2 is 1.82 bits per heavy atom. The fraction of sp³-hybridized carbons (Fsp3) is 0.600. The monoisotopic (exact) mass is 345 g/mol. The van der Waals surface area contributed by atoms with Crippen LogP contribution in [0.4, 0.5) is 0 Å². The highest BCUT2D eigenvalue weighted by molar-refractivity contribution is 7.13. The molecule has 2 heterocycles. The van der Waals surface area contributed by atoms with Gasteiger partial charge in [-0.1, -0.05) is 0 Å². The van der Waals surface area contributed by atoms with Crippen molar-refractivity contribution >= 4 is 35.6 Å². The quantitative estimate of drug-likeness (QED) is 0.827. The van der Waals surface area contributed by atoms with Crippen molar-refractivity contribution in [1.82, 2.24) is 15.1 Å². The Labute approximate surface area is 142 Å². The van der Waals surface area contributed by atoms with E-state index in [2.05, 4.69) is 5.32 Å². The number of hydrogen-bond donors (Lipinski definition) is 1. The maximum Gasteiger partial charge on any atom is 0.264 e. The molecule has 22 heavy (non-hydrogen) atoms. The van der Waals surface area contributed by atoms with Gasteiger partial charge in [0, 0.05) is 37.5 Å². The fourth-order valence-electron chi connectivity index (χ4n) is 2.44. The summed E-state index contributed by atoms with van der Waals surface area (Å²) in [5, 5.41) is 3.05. The van der Waals surface area contributed by atoms with Crippen LogP contribution in [0.25, 0.3) is 0 Å². The molecule has 1 N–H and O–H groups in total. The zero-order valence-electron chi connectivity index (χ0n) is 13.1. The molecule has 0 spiro atoms. The maximum atomic E-state index is 12.3. The normalized spacial score (nSPS) is 14.6. The summed E-state index contributed by atoms with van der Waals surface area (Å²) in [6, 6.07) is 3.86. The summed E-state index contributed by atoms with van der Waals surface area (Å²) >= 11 is 1.53. The number of hydrogen-bond acceptors (Lipinski definition) is 4. The van der Waals surface area contributed by atoms with Crippen LogP contribution in [0.15, 0.2) is 12.1 Å². The Bertz CT molecular complexity index is 499. The number of piperazine rings is 1. The number of amides is 2. The molecular weight excluding hydrogens is 322 g/mol. The Morgan fingerprint density at radius 3 is 2.36 bits per heavy atom. The van der Waals surface area contributed by atoms with Crippen molar-refractivity contribution in [3.05, 3.63) is 21.9 Å². The zero-order valence-corrected chi connectivity index (χ0v) is 14.8. The third-order valence-corrected chi connectivity index (χ3v) is 4.68. The van der Waals surface area contributed by atoms with Crippen molar-refractivity contribution in [2.75, 3.05) is 39.8 Å². The molecule has 1 fully saturated rings. The summed E-state index contributed by atoms with van der Waals surface area (Å²) in [5.74, 6) is 0.291. The summed E-state index contributed by atoms with van der Waals surface area (Å²) in [4.78, 5) is 30.0. The molecule has 0 bridgehead atoms. The number of nitrogens with zero attached hydrogens (tertiary/aromatic N) is 2. The van der Waals surface area contributed by atoms with Gasteiger partial charge < -0.3 is 15.1 Å². The lowest BCUT2D eigenvalue weighted by Crippen LogP contribution is -2.50. The second kappa shape index (κ2) is 9.12. The van der Waals surface area contributed by atoms with Crippen LogP contribution < -0.4 is 5.32 Å². The molecule has 2 rings (SSSR count). The van der Waals surface area contributed by atoms with Crippen molar-refractivity contribution in [1.29, 1.82) is 0 Å². The second-order valence-electron chi connectivity index (χ2n) is 5.29. The predicted octanol–water partition coefficient (Wildman–Crippen LogP) is 1.76. The van der Waals surface area contributed by atoms with Gasteiger partial charge in [0.1, 0.15) is 0 Å². The highest BCUT2D eigenvalue weighted by atomic mass is 35.5. The van der Waals surface area contributed by atoms with E-state index in [-0.39, 0.29) is 24.2 Å². The van der Waals surface area contributed by atoms with Crippen LogP contribution in [0.5, 0.6) is 0 Å². The molecular formula is C15H24ClN3O2S. The minimum atomic E-state index is 0. The molecule has 7 heteroatoms. The summed E-state index contributed by atoms with van der Waals surface area (Å²) in [7, 11) is 1.89. The van der Waals surface area contributed by atoms with E-state index in [4.69, 9.17) is 0 Å². The first-order chi connectivity index (χ1) is 10.1. The van der Waals surface area contributed by atoms with E-state index in [0.29, 0.717) is 32.6 Å². The van der Waals surface area contributed by atoms with Crippen LogP contribution in [0.1, 0.15) is 27.4 Å². The number of carbonyl (C=O) groups is 2. The van der Waals surface area contributed by atoms with E-state index in [1.165, 1.54) is 11.3 Å². The third kappa shape index (κ3) is 4.97. The summed E-state index contributed by atoms with van der Waals surface area (Å²) in [6.07, 6.45) is 1.45. The largest absolute Gasteiger partial charge is 0.339 e. The Kier molecular flexibility index (Phi) is 7.85. The number of nitrogens with one attached hydrogen (secondary N) is 1. The molecule has 1 aliphatic heterocycles. The average Bonchev–Trinajstić information content (AvgIpc) is 2.93. The van der Waals surface area contributed by atoms with E-state index >= 15 is 0 Å². The Hall–Kier alpha value is -1.11. The number of carbonyl (C=O) groups excluding carboxylic acids is 2. The van der Waals surface area contributed by atoms with Gasteiger partial charge in [0.2, 0.25) is 5.91 Å².